The number of nitrogens with one attached hydrogen (secondary N) is 2. The van der Waals surface area contributed by atoms with Gasteiger partial charge in [0.25, 0.3) is 0 Å². The molecule has 2 aromatic heterocycles. The molecular weight excluding hydrogens is 244 g/mol. The molecule has 0 aliphatic rings. The van der Waals surface area contributed by atoms with Gasteiger partial charge in [0.1, 0.15) is 11.3 Å². The molecule has 0 bridgehead atoms. The number of nitrogens with zero attached hydrogens (tertiary/aromatic N) is 5. The molecule has 0 aliphatic carbocycles. The van der Waals surface area contributed by atoms with Crippen LogP contribution in [0.25, 0.3) is 0 Å². The predicted molar refractivity (Wildman–Crippen MR) is 63.2 cm³/mol. The Morgan fingerprint density at radius 1 is 1.53 bits per heavy atom. The van der Waals surface area contributed by atoms with Gasteiger partial charge in [0.15, 0.2) is 11.6 Å². The molecule has 9 heteroatoms. The predicted octanol–water partition coefficient (Wildman–Crippen LogP) is 0.156. The van der Waals surface area contributed by atoms with Crippen LogP contribution in [0.1, 0.15) is 5.82 Å². The molecule has 0 atom stereocenters. The van der Waals surface area contributed by atoms with Crippen LogP contribution in [0, 0.1) is 0 Å². The van der Waals surface area contributed by atoms with Gasteiger partial charge in [0, 0.05) is 7.05 Å². The lowest BCUT2D eigenvalue weighted by molar-refractivity contribution is 0.810. The average Bonchev–Trinajstić information content (AvgIpc) is 2.74. The van der Waals surface area contributed by atoms with Crippen LogP contribution in [-0.4, -0.2) is 24.7 Å². The van der Waals surface area contributed by atoms with E-state index in [-0.39, 0.29) is 5.95 Å². The van der Waals surface area contributed by atoms with Gasteiger partial charge in [0.2, 0.25) is 5.95 Å². The number of aryl methyl sites for hydroxylation is 1. The second kappa shape index (κ2) is 4.93. The number of aromatic nitrogens is 5. The number of nitrogens with two attached hydrogens (primary N) is 1. The third-order valence-corrected chi connectivity index (χ3v) is 2.37. The Bertz CT molecular complexity index is 510. The Kier molecular flexibility index (Phi) is 3.35. The van der Waals surface area contributed by atoms with E-state index >= 15 is 0 Å². The summed E-state index contributed by atoms with van der Waals surface area (Å²) in [4.78, 5) is 7.94. The van der Waals surface area contributed by atoms with Gasteiger partial charge in [-0.1, -0.05) is 11.6 Å². The maximum Gasteiger partial charge on any atom is 0.239 e. The normalized spacial score (nSPS) is 10.3. The smallest absolute Gasteiger partial charge is 0.239 e. The van der Waals surface area contributed by atoms with E-state index in [1.54, 1.807) is 10.9 Å². The van der Waals surface area contributed by atoms with E-state index in [4.69, 9.17) is 17.4 Å². The molecule has 8 nitrogen and oxygen atoms in total. The van der Waals surface area contributed by atoms with Crippen molar-refractivity contribution in [1.29, 1.82) is 0 Å². The number of hydrogen-bond acceptors (Lipinski definition) is 7. The zero-order valence-corrected chi connectivity index (χ0v) is 9.81. The summed E-state index contributed by atoms with van der Waals surface area (Å²) in [5, 5.41) is 11.1. The number of hydrazine groups is 1. The van der Waals surface area contributed by atoms with Crippen molar-refractivity contribution in [3.8, 4) is 0 Å². The van der Waals surface area contributed by atoms with E-state index in [2.05, 4.69) is 30.9 Å². The van der Waals surface area contributed by atoms with Crippen molar-refractivity contribution in [2.45, 2.75) is 6.54 Å². The Labute approximate surface area is 102 Å². The van der Waals surface area contributed by atoms with Crippen LogP contribution in [0.4, 0.5) is 11.8 Å². The van der Waals surface area contributed by atoms with Crippen LogP contribution in [-0.2, 0) is 13.6 Å². The van der Waals surface area contributed by atoms with Crippen LogP contribution in [0.5, 0.6) is 0 Å². The van der Waals surface area contributed by atoms with Crippen molar-refractivity contribution in [1.82, 2.24) is 24.7 Å². The molecule has 0 saturated heterocycles. The molecule has 0 saturated carbocycles. The highest BCUT2D eigenvalue weighted by molar-refractivity contribution is 6.32. The second-order valence-corrected chi connectivity index (χ2v) is 3.65. The molecule has 0 aromatic carbocycles. The number of anilines is 2. The minimum Gasteiger partial charge on any atom is -0.361 e. The fourth-order valence-corrected chi connectivity index (χ4v) is 1.35. The van der Waals surface area contributed by atoms with E-state index in [0.29, 0.717) is 17.4 Å². The third-order valence-electron chi connectivity index (χ3n) is 2.09. The fraction of sp³-hybridized carbons (Fsp3) is 0.250. The van der Waals surface area contributed by atoms with Crippen LogP contribution in [0.3, 0.4) is 0 Å². The first-order chi connectivity index (χ1) is 8.20. The number of rotatable bonds is 4. The molecule has 0 fully saturated rings. The minimum absolute atomic E-state index is 0.287. The first-order valence-corrected chi connectivity index (χ1v) is 5.14. The largest absolute Gasteiger partial charge is 0.361 e. The van der Waals surface area contributed by atoms with Gasteiger partial charge < -0.3 is 9.88 Å². The van der Waals surface area contributed by atoms with E-state index in [9.17, 15) is 0 Å². The van der Waals surface area contributed by atoms with E-state index in [1.165, 1.54) is 6.20 Å². The molecule has 0 aliphatic heterocycles. The van der Waals surface area contributed by atoms with Crippen molar-refractivity contribution in [3.05, 3.63) is 23.4 Å². The topological polar surface area (TPSA) is 107 Å². The lowest BCUT2D eigenvalue weighted by Gasteiger charge is -2.07. The summed E-state index contributed by atoms with van der Waals surface area (Å²) < 4.78 is 1.80. The summed E-state index contributed by atoms with van der Waals surface area (Å²) in [5.74, 6) is 6.75. The summed E-state index contributed by atoms with van der Waals surface area (Å²) >= 11 is 5.93. The average molecular weight is 255 g/mol. The number of hydrogen-bond donors (Lipinski definition) is 3. The molecule has 2 heterocycles. The molecule has 4 N–H and O–H groups in total. The number of nitrogen functional groups attached to an aromatic ring is 1. The van der Waals surface area contributed by atoms with Gasteiger partial charge in [-0.05, 0) is 0 Å². The molecule has 2 rings (SSSR count). The van der Waals surface area contributed by atoms with Crippen molar-refractivity contribution >= 4 is 23.4 Å². The van der Waals surface area contributed by atoms with Gasteiger partial charge in [0.05, 0.1) is 12.7 Å². The van der Waals surface area contributed by atoms with Crippen LogP contribution < -0.4 is 16.6 Å². The van der Waals surface area contributed by atoms with Gasteiger partial charge >= 0.3 is 0 Å². The van der Waals surface area contributed by atoms with Gasteiger partial charge in [-0.3, -0.25) is 5.43 Å². The summed E-state index contributed by atoms with van der Waals surface area (Å²) in [6, 6.07) is 0. The van der Waals surface area contributed by atoms with Gasteiger partial charge in [-0.15, -0.1) is 10.2 Å². The summed E-state index contributed by atoms with van der Waals surface area (Å²) in [7, 11) is 1.85. The Morgan fingerprint density at radius 2 is 2.35 bits per heavy atom. The fourth-order valence-electron chi connectivity index (χ4n) is 1.19. The van der Waals surface area contributed by atoms with E-state index in [0.717, 1.165) is 5.82 Å². The van der Waals surface area contributed by atoms with E-state index in [1.807, 2.05) is 7.05 Å². The van der Waals surface area contributed by atoms with Gasteiger partial charge in [-0.25, -0.2) is 10.8 Å². The van der Waals surface area contributed by atoms with Gasteiger partial charge in [-0.2, -0.15) is 4.98 Å². The van der Waals surface area contributed by atoms with E-state index < -0.39 is 0 Å². The van der Waals surface area contributed by atoms with Crippen molar-refractivity contribution in [2.75, 3.05) is 10.7 Å². The molecule has 0 radical (unpaired) electrons. The number of halogens is 1. The first-order valence-electron chi connectivity index (χ1n) is 4.76. The maximum absolute atomic E-state index is 5.93. The SMILES string of the molecule is Cn1cnnc1CNc1nc(NN)ncc1Cl. The van der Waals surface area contributed by atoms with Crippen molar-refractivity contribution < 1.29 is 0 Å². The van der Waals surface area contributed by atoms with Crippen molar-refractivity contribution in [3.63, 3.8) is 0 Å². The lowest BCUT2D eigenvalue weighted by atomic mass is 10.5. The van der Waals surface area contributed by atoms with Crippen LogP contribution in [0.15, 0.2) is 12.5 Å². The maximum atomic E-state index is 5.93. The summed E-state index contributed by atoms with van der Waals surface area (Å²) in [6.07, 6.45) is 3.08. The zero-order valence-electron chi connectivity index (χ0n) is 9.05. The highest BCUT2D eigenvalue weighted by Gasteiger charge is 2.06. The van der Waals surface area contributed by atoms with Crippen LogP contribution in [0.2, 0.25) is 5.02 Å². The molecule has 0 unspecified atom stereocenters. The monoisotopic (exact) mass is 254 g/mol. The lowest BCUT2D eigenvalue weighted by Crippen LogP contribution is -2.13. The Morgan fingerprint density at radius 3 is 3.00 bits per heavy atom. The molecule has 17 heavy (non-hydrogen) atoms. The Balaban J connectivity index is 2.11. The zero-order chi connectivity index (χ0) is 12.3. The highest BCUT2D eigenvalue weighted by atomic mass is 35.5. The molecule has 2 aromatic rings. The minimum atomic E-state index is 0.287. The quantitative estimate of drug-likeness (QED) is 0.527. The Hall–Kier alpha value is -1.93. The summed E-state index contributed by atoms with van der Waals surface area (Å²) in [6.45, 7) is 0.456. The molecule has 0 amide bonds. The first kappa shape index (κ1) is 11.6. The highest BCUT2D eigenvalue weighted by Crippen LogP contribution is 2.19. The molecule has 0 spiro atoms. The standard InChI is InChI=1S/C8H11ClN8/c1-17-4-13-16-6(17)3-11-7-5(9)2-12-8(14-7)15-10/h2,4H,3,10H2,1H3,(H2,11,12,14,15). The molecular formula is C8H11ClN8. The van der Waals surface area contributed by atoms with Crippen molar-refractivity contribution in [2.24, 2.45) is 12.9 Å². The third kappa shape index (κ3) is 2.60. The summed E-state index contributed by atoms with van der Waals surface area (Å²) in [5.41, 5.74) is 2.35. The van der Waals surface area contributed by atoms with Crippen LogP contribution >= 0.6 is 11.6 Å². The molecule has 90 valence electrons. The second-order valence-electron chi connectivity index (χ2n) is 3.25.